The zero-order valence-corrected chi connectivity index (χ0v) is 28.4. The van der Waals surface area contributed by atoms with Gasteiger partial charge in [-0.05, 0) is 38.5 Å². The van der Waals surface area contributed by atoms with Gasteiger partial charge in [-0.1, -0.05) is 70.1 Å². The molecule has 0 aliphatic heterocycles. The number of hydrogen-bond donors (Lipinski definition) is 8. The number of halogens is 1. The van der Waals surface area contributed by atoms with Gasteiger partial charge in [0.05, 0.1) is 12.1 Å². The van der Waals surface area contributed by atoms with Gasteiger partial charge in [0, 0.05) is 11.2 Å². The first-order valence-electron chi connectivity index (χ1n) is 14.7. The molecule has 0 spiro atoms. The second kappa shape index (κ2) is 20.6. The zero-order chi connectivity index (χ0) is 33.3. The molecule has 0 aromatic carbocycles. The number of rotatable bonds is 21. The summed E-state index contributed by atoms with van der Waals surface area (Å²) in [5.74, 6) is -3.79. The number of aliphatic hydroxyl groups excluding tert-OH is 1. The normalized spacial score (nSPS) is 17.4. The Morgan fingerprint density at radius 2 is 1.35 bits per heavy atom. The van der Waals surface area contributed by atoms with Gasteiger partial charge in [-0.25, -0.2) is 0 Å². The Labute approximate surface area is 268 Å². The molecule has 0 saturated heterocycles. The third-order valence-electron chi connectivity index (χ3n) is 7.63. The van der Waals surface area contributed by atoms with E-state index in [0.29, 0.717) is 23.7 Å². The Kier molecular flexibility index (Phi) is 19.4. The lowest BCUT2D eigenvalue weighted by Gasteiger charge is -2.34. The van der Waals surface area contributed by atoms with Gasteiger partial charge in [0.1, 0.15) is 36.5 Å². The van der Waals surface area contributed by atoms with Crippen molar-refractivity contribution in [2.75, 3.05) is 17.7 Å². The monoisotopic (exact) mass is 726 g/mol. The molecule has 8 atom stereocenters. The summed E-state index contributed by atoms with van der Waals surface area (Å²) in [4.78, 5) is 75.7. The van der Waals surface area contributed by atoms with Gasteiger partial charge in [-0.15, -0.1) is 0 Å². The average Bonchev–Trinajstić information content (AvgIpc) is 2.98. The average molecular weight is 727 g/mol. The minimum atomic E-state index is -1.38. The Bertz CT molecular complexity index is 937. The van der Waals surface area contributed by atoms with Gasteiger partial charge in [0.2, 0.25) is 29.5 Å². The van der Waals surface area contributed by atoms with Crippen molar-refractivity contribution in [3.05, 3.63) is 0 Å². The predicted octanol–water partition coefficient (Wildman–Crippen LogP) is -0.753. The number of nitrogens with one attached hydrogen (secondary N) is 6. The second-order valence-electron chi connectivity index (χ2n) is 10.9. The largest absolute Gasteiger partial charge is 0.396 e. The van der Waals surface area contributed by atoms with E-state index >= 15 is 0 Å². The molecule has 0 saturated carbocycles. The predicted molar refractivity (Wildman–Crippen MR) is 170 cm³/mol. The first-order valence-corrected chi connectivity index (χ1v) is 16.2. The van der Waals surface area contributed by atoms with Crippen LogP contribution in [-0.4, -0.2) is 99.5 Å². The number of carbonyl (C=O) groups is 6. The van der Waals surface area contributed by atoms with E-state index in [-0.39, 0.29) is 31.2 Å². The van der Waals surface area contributed by atoms with Gasteiger partial charge in [-0.3, -0.25) is 29.3 Å². The first-order chi connectivity index (χ1) is 20.1. The molecule has 3 unspecified atom stereocenters. The van der Waals surface area contributed by atoms with E-state index in [4.69, 9.17) is 0 Å². The minimum absolute atomic E-state index is 0.166. The van der Waals surface area contributed by atoms with Crippen molar-refractivity contribution in [2.45, 2.75) is 110 Å². The lowest BCUT2D eigenvalue weighted by atomic mass is 9.91. The number of amides is 5. The molecule has 0 aromatic heterocycles. The van der Waals surface area contributed by atoms with Crippen LogP contribution in [0.3, 0.4) is 0 Å². The molecule has 0 aliphatic carbocycles. The van der Waals surface area contributed by atoms with E-state index in [1.165, 1.54) is 13.8 Å². The molecular weight excluding hydrogens is 675 g/mol. The van der Waals surface area contributed by atoms with Crippen LogP contribution in [0.15, 0.2) is 0 Å². The van der Waals surface area contributed by atoms with Crippen molar-refractivity contribution in [3.8, 4) is 0 Å². The third-order valence-corrected chi connectivity index (χ3v) is 8.07. The fourth-order valence-electron chi connectivity index (χ4n) is 4.09. The summed E-state index contributed by atoms with van der Waals surface area (Å²) in [5, 5.41) is 36.1. The van der Waals surface area contributed by atoms with Gasteiger partial charge in [0.25, 0.3) is 0 Å². The van der Waals surface area contributed by atoms with E-state index in [9.17, 15) is 39.0 Å². The van der Waals surface area contributed by atoms with Crippen LogP contribution in [0.25, 0.3) is 0 Å². The molecule has 43 heavy (non-hydrogen) atoms. The van der Waals surface area contributed by atoms with E-state index in [1.54, 1.807) is 20.8 Å². The van der Waals surface area contributed by atoms with Crippen molar-refractivity contribution >= 4 is 58.4 Å². The Morgan fingerprint density at radius 1 is 0.814 bits per heavy atom. The smallest absolute Gasteiger partial charge is 0.243 e. The quantitative estimate of drug-likeness (QED) is 0.0323. The van der Waals surface area contributed by atoms with Crippen molar-refractivity contribution in [1.29, 1.82) is 0 Å². The molecule has 8 N–H and O–H groups in total. The van der Waals surface area contributed by atoms with Crippen LogP contribution in [0, 0.1) is 11.8 Å². The lowest BCUT2D eigenvalue weighted by molar-refractivity contribution is -0.137. The standard InChI is InChI=1S/C28H51IN6O8/c1-8-16(4)20(25(40)30-12-14-37)34-23(38)18(6)32-24(39)19(11-13-36)33-26(41)21(17(5)9-2)35-27(42)22(31-15-29)28(7,43)10-3/h14,16-22,31,36,43H,8-13,15H2,1-7H3,(H,30,40)(H,32,39)(H,33,41)(H,34,38)(H,35,42)/t16-,17-,18-,19-,20?,21+,22?,28?/m0/s1. The summed E-state index contributed by atoms with van der Waals surface area (Å²) in [6, 6.07) is -5.34. The van der Waals surface area contributed by atoms with E-state index in [1.807, 2.05) is 36.4 Å². The molecule has 0 fully saturated rings. The molecule has 14 nitrogen and oxygen atoms in total. The summed E-state index contributed by atoms with van der Waals surface area (Å²) in [6.07, 6.45) is 1.71. The number of aliphatic hydroxyl groups is 2. The molecule has 0 aromatic rings. The number of carbonyl (C=O) groups excluding carboxylic acids is 6. The maximum atomic E-state index is 13.4. The minimum Gasteiger partial charge on any atom is -0.396 e. The highest BCUT2D eigenvalue weighted by Crippen LogP contribution is 2.17. The topological polar surface area (TPSA) is 215 Å². The molecule has 248 valence electrons. The molecule has 15 heteroatoms. The van der Waals surface area contributed by atoms with Gasteiger partial charge < -0.3 is 41.6 Å². The highest BCUT2D eigenvalue weighted by atomic mass is 127. The second-order valence-corrected chi connectivity index (χ2v) is 11.7. The summed E-state index contributed by atoms with van der Waals surface area (Å²) in [7, 11) is 0. The van der Waals surface area contributed by atoms with Crippen molar-refractivity contribution in [3.63, 3.8) is 0 Å². The number of aldehydes is 1. The Morgan fingerprint density at radius 3 is 1.81 bits per heavy atom. The molecule has 5 amide bonds. The fourth-order valence-corrected chi connectivity index (χ4v) is 4.53. The molecule has 0 bridgehead atoms. The van der Waals surface area contributed by atoms with Crippen LogP contribution < -0.4 is 31.9 Å². The van der Waals surface area contributed by atoms with Crippen molar-refractivity contribution in [1.82, 2.24) is 31.9 Å². The Hall–Kier alpha value is -2.37. The highest BCUT2D eigenvalue weighted by Gasteiger charge is 2.39. The van der Waals surface area contributed by atoms with E-state index in [2.05, 4.69) is 31.9 Å². The van der Waals surface area contributed by atoms with Crippen LogP contribution in [0.2, 0.25) is 0 Å². The van der Waals surface area contributed by atoms with Crippen LogP contribution in [0.4, 0.5) is 0 Å². The molecular formula is C28H51IN6O8. The Balaban J connectivity index is 5.72. The lowest BCUT2D eigenvalue weighted by Crippen LogP contribution is -2.62. The number of hydrogen-bond acceptors (Lipinski definition) is 9. The fraction of sp³-hybridized carbons (Fsp3) is 0.786. The molecule has 0 aliphatic rings. The summed E-state index contributed by atoms with van der Waals surface area (Å²) >= 11 is 2.02. The van der Waals surface area contributed by atoms with Crippen LogP contribution >= 0.6 is 22.6 Å². The van der Waals surface area contributed by atoms with Crippen LogP contribution in [0.5, 0.6) is 0 Å². The van der Waals surface area contributed by atoms with Crippen LogP contribution in [-0.2, 0) is 28.8 Å². The van der Waals surface area contributed by atoms with Gasteiger partial charge >= 0.3 is 0 Å². The molecule has 0 heterocycles. The summed E-state index contributed by atoms with van der Waals surface area (Å²) < 4.78 is 0.373. The molecule has 0 rings (SSSR count). The molecule has 0 radical (unpaired) electrons. The maximum Gasteiger partial charge on any atom is 0.243 e. The van der Waals surface area contributed by atoms with Crippen molar-refractivity contribution in [2.24, 2.45) is 11.8 Å². The maximum absolute atomic E-state index is 13.4. The zero-order valence-electron chi connectivity index (χ0n) is 26.3. The summed E-state index contributed by atoms with van der Waals surface area (Å²) in [6.45, 7) is 11.2. The highest BCUT2D eigenvalue weighted by molar-refractivity contribution is 14.1. The van der Waals surface area contributed by atoms with Crippen molar-refractivity contribution < 1.29 is 39.0 Å². The first kappa shape index (κ1) is 40.6. The van der Waals surface area contributed by atoms with E-state index < -0.39 is 72.0 Å². The van der Waals surface area contributed by atoms with Gasteiger partial charge in [0.15, 0.2) is 0 Å². The van der Waals surface area contributed by atoms with Crippen LogP contribution in [0.1, 0.15) is 74.1 Å². The van der Waals surface area contributed by atoms with E-state index in [0.717, 1.165) is 0 Å². The summed E-state index contributed by atoms with van der Waals surface area (Å²) in [5.41, 5.74) is -1.38. The SMILES string of the molecule is CC[C@H](C)C(NC(=O)[C@H](C)NC(=O)[C@H](CCO)NC(=O)[C@H](NC(=O)C(NCI)C(C)(O)CC)[C@@H](C)CC)C(=O)NCC=O. The van der Waals surface area contributed by atoms with Gasteiger partial charge in [-0.2, -0.15) is 0 Å². The number of alkyl halides is 1. The third kappa shape index (κ3) is 13.4.